The molecule has 1 unspecified atom stereocenters. The van der Waals surface area contributed by atoms with Crippen molar-refractivity contribution in [2.24, 2.45) is 5.92 Å². The molecule has 102 valence electrons. The number of aromatic nitrogens is 2. The number of hydrogen-bond acceptors (Lipinski definition) is 3. The monoisotopic (exact) mass is 252 g/mol. The van der Waals surface area contributed by atoms with Gasteiger partial charge < -0.3 is 15.2 Å². The van der Waals surface area contributed by atoms with Crippen LogP contribution >= 0.6 is 0 Å². The van der Waals surface area contributed by atoms with E-state index in [4.69, 9.17) is 0 Å². The van der Waals surface area contributed by atoms with E-state index >= 15 is 0 Å². The third-order valence-corrected chi connectivity index (χ3v) is 2.85. The number of rotatable bonds is 9. The fraction of sp³-hybridized carbons (Fsp3) is 0.692. The third-order valence-electron chi connectivity index (χ3n) is 2.85. The van der Waals surface area contributed by atoms with Crippen LogP contribution in [0, 0.1) is 5.92 Å². The lowest BCUT2D eigenvalue weighted by Gasteiger charge is -2.12. The zero-order valence-corrected chi connectivity index (χ0v) is 11.4. The predicted molar refractivity (Wildman–Crippen MR) is 72.2 cm³/mol. The van der Waals surface area contributed by atoms with Gasteiger partial charge in [-0.1, -0.05) is 13.8 Å². The number of hydrogen-bond donors (Lipinski definition) is 2. The molecule has 1 rings (SSSR count). The van der Waals surface area contributed by atoms with E-state index in [2.05, 4.69) is 20.2 Å². The molecule has 1 heterocycles. The molecule has 0 spiro atoms. The minimum absolute atomic E-state index is 0.0404. The first-order valence-corrected chi connectivity index (χ1v) is 6.68. The quantitative estimate of drug-likeness (QED) is 0.645. The molecular formula is C13H24N4O. The van der Waals surface area contributed by atoms with Crippen molar-refractivity contribution < 1.29 is 4.79 Å². The van der Waals surface area contributed by atoms with Gasteiger partial charge in [0.05, 0.1) is 6.33 Å². The van der Waals surface area contributed by atoms with Crippen molar-refractivity contribution in [3.8, 4) is 0 Å². The van der Waals surface area contributed by atoms with Crippen molar-refractivity contribution in [3.63, 3.8) is 0 Å². The highest BCUT2D eigenvalue weighted by Crippen LogP contribution is 1.96. The van der Waals surface area contributed by atoms with Crippen molar-refractivity contribution in [1.82, 2.24) is 20.2 Å². The SMILES string of the molecule is CCNCC(C)C(=O)NCCCCn1ccnc1. The second-order valence-electron chi connectivity index (χ2n) is 4.51. The van der Waals surface area contributed by atoms with Gasteiger partial charge in [-0.05, 0) is 19.4 Å². The second-order valence-corrected chi connectivity index (χ2v) is 4.51. The van der Waals surface area contributed by atoms with Crippen LogP contribution in [0.5, 0.6) is 0 Å². The summed E-state index contributed by atoms with van der Waals surface area (Å²) in [4.78, 5) is 15.7. The second kappa shape index (κ2) is 8.69. The molecule has 0 aromatic carbocycles. The number of carbonyl (C=O) groups excluding carboxylic acids is 1. The van der Waals surface area contributed by atoms with E-state index in [9.17, 15) is 4.79 Å². The molecule has 0 aliphatic heterocycles. The highest BCUT2D eigenvalue weighted by molar-refractivity contribution is 5.78. The molecule has 0 fully saturated rings. The van der Waals surface area contributed by atoms with Gasteiger partial charge in [0.15, 0.2) is 0 Å². The molecule has 2 N–H and O–H groups in total. The Morgan fingerprint density at radius 1 is 1.44 bits per heavy atom. The topological polar surface area (TPSA) is 59.0 Å². The lowest BCUT2D eigenvalue weighted by molar-refractivity contribution is -0.124. The Balaban J connectivity index is 2.01. The summed E-state index contributed by atoms with van der Waals surface area (Å²) in [7, 11) is 0. The molecular weight excluding hydrogens is 228 g/mol. The van der Waals surface area contributed by atoms with E-state index in [0.29, 0.717) is 0 Å². The normalized spacial score (nSPS) is 12.3. The Hall–Kier alpha value is -1.36. The van der Waals surface area contributed by atoms with Crippen molar-refractivity contribution in [2.75, 3.05) is 19.6 Å². The fourth-order valence-electron chi connectivity index (χ4n) is 1.68. The van der Waals surface area contributed by atoms with E-state index < -0.39 is 0 Å². The maximum atomic E-state index is 11.7. The van der Waals surface area contributed by atoms with Crippen molar-refractivity contribution in [3.05, 3.63) is 18.7 Å². The predicted octanol–water partition coefficient (Wildman–Crippen LogP) is 1.03. The van der Waals surface area contributed by atoms with Crippen molar-refractivity contribution in [2.45, 2.75) is 33.2 Å². The number of nitrogens with zero attached hydrogens (tertiary/aromatic N) is 2. The fourth-order valence-corrected chi connectivity index (χ4v) is 1.68. The number of amides is 1. The molecule has 0 saturated heterocycles. The molecule has 0 aliphatic carbocycles. The molecule has 1 amide bonds. The smallest absolute Gasteiger partial charge is 0.224 e. The average Bonchev–Trinajstić information content (AvgIpc) is 2.88. The molecule has 0 saturated carbocycles. The van der Waals surface area contributed by atoms with E-state index in [0.717, 1.165) is 39.0 Å². The number of carbonyl (C=O) groups is 1. The Morgan fingerprint density at radius 2 is 2.28 bits per heavy atom. The summed E-state index contributed by atoms with van der Waals surface area (Å²) in [6, 6.07) is 0. The van der Waals surface area contributed by atoms with Crippen LogP contribution in [0.4, 0.5) is 0 Å². The molecule has 0 bridgehead atoms. The zero-order valence-electron chi connectivity index (χ0n) is 11.4. The molecule has 18 heavy (non-hydrogen) atoms. The Bertz CT molecular complexity index is 324. The Morgan fingerprint density at radius 3 is 2.94 bits per heavy atom. The Kier molecular flexibility index (Phi) is 7.10. The molecule has 0 aliphatic rings. The molecule has 1 aromatic heterocycles. The number of aryl methyl sites for hydroxylation is 1. The first kappa shape index (κ1) is 14.7. The van der Waals surface area contributed by atoms with E-state index in [1.165, 1.54) is 0 Å². The molecule has 5 nitrogen and oxygen atoms in total. The van der Waals surface area contributed by atoms with Gasteiger partial charge in [-0.25, -0.2) is 4.98 Å². The van der Waals surface area contributed by atoms with Gasteiger partial charge >= 0.3 is 0 Å². The standard InChI is InChI=1S/C13H24N4O/c1-3-14-10-12(2)13(18)16-6-4-5-8-17-9-7-15-11-17/h7,9,11-12,14H,3-6,8,10H2,1-2H3,(H,16,18). The van der Waals surface area contributed by atoms with Crippen LogP contribution in [-0.4, -0.2) is 35.1 Å². The molecule has 0 radical (unpaired) electrons. The summed E-state index contributed by atoms with van der Waals surface area (Å²) in [6.07, 6.45) is 7.61. The summed E-state index contributed by atoms with van der Waals surface area (Å²) in [5, 5.41) is 6.15. The van der Waals surface area contributed by atoms with Gasteiger partial charge in [-0.3, -0.25) is 4.79 Å². The third kappa shape index (κ3) is 5.82. The lowest BCUT2D eigenvalue weighted by atomic mass is 10.1. The Labute approximate surface area is 109 Å². The maximum absolute atomic E-state index is 11.7. The van der Waals surface area contributed by atoms with Gasteiger partial charge in [-0.15, -0.1) is 0 Å². The van der Waals surface area contributed by atoms with Crippen LogP contribution < -0.4 is 10.6 Å². The summed E-state index contributed by atoms with van der Waals surface area (Å²) >= 11 is 0. The van der Waals surface area contributed by atoms with E-state index in [1.54, 1.807) is 6.20 Å². The van der Waals surface area contributed by atoms with Crippen LogP contribution in [0.25, 0.3) is 0 Å². The van der Waals surface area contributed by atoms with Gasteiger partial charge in [0, 0.05) is 37.9 Å². The maximum Gasteiger partial charge on any atom is 0.224 e. The first-order chi connectivity index (χ1) is 8.74. The first-order valence-electron chi connectivity index (χ1n) is 6.68. The average molecular weight is 252 g/mol. The van der Waals surface area contributed by atoms with Gasteiger partial charge in [-0.2, -0.15) is 0 Å². The van der Waals surface area contributed by atoms with Crippen molar-refractivity contribution in [1.29, 1.82) is 0 Å². The highest BCUT2D eigenvalue weighted by atomic mass is 16.1. The number of nitrogens with one attached hydrogen (secondary N) is 2. The summed E-state index contributed by atoms with van der Waals surface area (Å²) in [5.74, 6) is 0.178. The van der Waals surface area contributed by atoms with Crippen LogP contribution in [-0.2, 0) is 11.3 Å². The lowest BCUT2D eigenvalue weighted by Crippen LogP contribution is -2.35. The van der Waals surface area contributed by atoms with Crippen LogP contribution in [0.15, 0.2) is 18.7 Å². The van der Waals surface area contributed by atoms with Crippen LogP contribution in [0.3, 0.4) is 0 Å². The van der Waals surface area contributed by atoms with Gasteiger partial charge in [0.25, 0.3) is 0 Å². The minimum atomic E-state index is 0.0404. The summed E-state index contributed by atoms with van der Waals surface area (Å²) in [6.45, 7) is 7.36. The number of unbranched alkanes of at least 4 members (excludes halogenated alkanes) is 1. The highest BCUT2D eigenvalue weighted by Gasteiger charge is 2.10. The van der Waals surface area contributed by atoms with E-state index in [-0.39, 0.29) is 11.8 Å². The molecule has 5 heteroatoms. The van der Waals surface area contributed by atoms with Crippen LogP contribution in [0.1, 0.15) is 26.7 Å². The summed E-state index contributed by atoms with van der Waals surface area (Å²) < 4.78 is 2.05. The van der Waals surface area contributed by atoms with Crippen LogP contribution in [0.2, 0.25) is 0 Å². The van der Waals surface area contributed by atoms with Gasteiger partial charge in [0.2, 0.25) is 5.91 Å². The summed E-state index contributed by atoms with van der Waals surface area (Å²) in [5.41, 5.74) is 0. The minimum Gasteiger partial charge on any atom is -0.356 e. The van der Waals surface area contributed by atoms with E-state index in [1.807, 2.05) is 26.4 Å². The van der Waals surface area contributed by atoms with Crippen molar-refractivity contribution >= 4 is 5.91 Å². The molecule has 1 aromatic rings. The van der Waals surface area contributed by atoms with Gasteiger partial charge in [0.1, 0.15) is 0 Å². The largest absolute Gasteiger partial charge is 0.356 e. The zero-order chi connectivity index (χ0) is 13.2. The number of imidazole rings is 1. The molecule has 1 atom stereocenters.